The standard InChI is InChI=1S/C18H22N2O2/c1-14-7-8-17(22-14)18(21)19-16-9-11-20(12-10-16)13-15-5-3-2-4-6-15/h2-8,16H,9-13H2,1H3,(H,19,21). The van der Waals surface area contributed by atoms with E-state index in [1.165, 1.54) is 5.56 Å². The summed E-state index contributed by atoms with van der Waals surface area (Å²) in [5.41, 5.74) is 1.34. The maximum atomic E-state index is 12.1. The minimum absolute atomic E-state index is 0.102. The summed E-state index contributed by atoms with van der Waals surface area (Å²) in [7, 11) is 0. The molecule has 2 aromatic rings. The van der Waals surface area contributed by atoms with Crippen molar-refractivity contribution >= 4 is 5.91 Å². The second-order valence-electron chi connectivity index (χ2n) is 5.92. The fraction of sp³-hybridized carbons (Fsp3) is 0.389. The van der Waals surface area contributed by atoms with Gasteiger partial charge in [0.05, 0.1) is 0 Å². The van der Waals surface area contributed by atoms with E-state index in [4.69, 9.17) is 4.42 Å². The Morgan fingerprint density at radius 1 is 1.18 bits per heavy atom. The van der Waals surface area contributed by atoms with Gasteiger partial charge in [-0.3, -0.25) is 9.69 Å². The summed E-state index contributed by atoms with van der Waals surface area (Å²) < 4.78 is 5.36. The minimum Gasteiger partial charge on any atom is -0.456 e. The molecule has 22 heavy (non-hydrogen) atoms. The summed E-state index contributed by atoms with van der Waals surface area (Å²) in [6.07, 6.45) is 1.97. The molecule has 1 aromatic heterocycles. The van der Waals surface area contributed by atoms with Gasteiger partial charge in [-0.05, 0) is 37.5 Å². The van der Waals surface area contributed by atoms with E-state index in [-0.39, 0.29) is 11.9 Å². The number of carbonyl (C=O) groups excluding carboxylic acids is 1. The Morgan fingerprint density at radius 2 is 1.91 bits per heavy atom. The van der Waals surface area contributed by atoms with Gasteiger partial charge in [0.25, 0.3) is 5.91 Å². The normalized spacial score (nSPS) is 16.6. The molecule has 0 radical (unpaired) electrons. The van der Waals surface area contributed by atoms with Crippen LogP contribution in [0.3, 0.4) is 0 Å². The molecule has 1 fully saturated rings. The fourth-order valence-electron chi connectivity index (χ4n) is 2.89. The van der Waals surface area contributed by atoms with Crippen LogP contribution in [0.4, 0.5) is 0 Å². The second-order valence-corrected chi connectivity index (χ2v) is 5.92. The number of piperidine rings is 1. The van der Waals surface area contributed by atoms with Crippen LogP contribution in [-0.2, 0) is 6.54 Å². The Bertz CT molecular complexity index is 613. The highest BCUT2D eigenvalue weighted by Gasteiger charge is 2.22. The van der Waals surface area contributed by atoms with E-state index >= 15 is 0 Å². The first-order valence-corrected chi connectivity index (χ1v) is 7.84. The first kappa shape index (κ1) is 14.9. The van der Waals surface area contributed by atoms with Crippen molar-refractivity contribution in [3.05, 3.63) is 59.5 Å². The minimum atomic E-state index is -0.102. The molecule has 1 aliphatic rings. The molecule has 3 rings (SSSR count). The van der Waals surface area contributed by atoms with Gasteiger partial charge in [-0.25, -0.2) is 0 Å². The molecule has 0 saturated carbocycles. The maximum Gasteiger partial charge on any atom is 0.287 e. The zero-order valence-corrected chi connectivity index (χ0v) is 12.9. The molecular formula is C18H22N2O2. The number of rotatable bonds is 4. The van der Waals surface area contributed by atoms with Gasteiger partial charge < -0.3 is 9.73 Å². The van der Waals surface area contributed by atoms with E-state index in [1.54, 1.807) is 6.07 Å². The largest absolute Gasteiger partial charge is 0.456 e. The molecular weight excluding hydrogens is 276 g/mol. The van der Waals surface area contributed by atoms with Crippen molar-refractivity contribution in [1.82, 2.24) is 10.2 Å². The van der Waals surface area contributed by atoms with E-state index in [1.807, 2.05) is 19.1 Å². The van der Waals surface area contributed by atoms with Gasteiger partial charge in [0.2, 0.25) is 0 Å². The van der Waals surface area contributed by atoms with Crippen molar-refractivity contribution in [1.29, 1.82) is 0 Å². The third kappa shape index (κ3) is 3.77. The number of nitrogens with one attached hydrogen (secondary N) is 1. The number of hydrogen-bond acceptors (Lipinski definition) is 3. The van der Waals surface area contributed by atoms with Gasteiger partial charge in [0.1, 0.15) is 5.76 Å². The van der Waals surface area contributed by atoms with Crippen molar-refractivity contribution < 1.29 is 9.21 Å². The van der Waals surface area contributed by atoms with Crippen LogP contribution in [0.2, 0.25) is 0 Å². The van der Waals surface area contributed by atoms with Crippen molar-refractivity contribution in [2.75, 3.05) is 13.1 Å². The Balaban J connectivity index is 1.46. The zero-order chi connectivity index (χ0) is 15.4. The molecule has 0 spiro atoms. The zero-order valence-electron chi connectivity index (χ0n) is 12.9. The van der Waals surface area contributed by atoms with Crippen LogP contribution in [0.1, 0.15) is 34.7 Å². The number of carbonyl (C=O) groups is 1. The van der Waals surface area contributed by atoms with Gasteiger partial charge in [0, 0.05) is 25.7 Å². The first-order valence-electron chi connectivity index (χ1n) is 7.84. The van der Waals surface area contributed by atoms with Crippen LogP contribution in [0.5, 0.6) is 0 Å². The fourth-order valence-corrected chi connectivity index (χ4v) is 2.89. The smallest absolute Gasteiger partial charge is 0.287 e. The quantitative estimate of drug-likeness (QED) is 0.944. The molecule has 1 aliphatic heterocycles. The van der Waals surface area contributed by atoms with Gasteiger partial charge in [-0.2, -0.15) is 0 Å². The van der Waals surface area contributed by atoms with Gasteiger partial charge >= 0.3 is 0 Å². The van der Waals surface area contributed by atoms with Crippen LogP contribution in [0.25, 0.3) is 0 Å². The number of hydrogen-bond donors (Lipinski definition) is 1. The third-order valence-electron chi connectivity index (χ3n) is 4.14. The van der Waals surface area contributed by atoms with Crippen LogP contribution in [0.15, 0.2) is 46.9 Å². The highest BCUT2D eigenvalue weighted by atomic mass is 16.3. The summed E-state index contributed by atoms with van der Waals surface area (Å²) in [6, 6.07) is 14.3. The molecule has 1 N–H and O–H groups in total. The molecule has 0 aliphatic carbocycles. The highest BCUT2D eigenvalue weighted by molar-refractivity contribution is 5.91. The van der Waals surface area contributed by atoms with E-state index in [9.17, 15) is 4.79 Å². The average molecular weight is 298 g/mol. The predicted octanol–water partition coefficient (Wildman–Crippen LogP) is 2.98. The maximum absolute atomic E-state index is 12.1. The van der Waals surface area contributed by atoms with Gasteiger partial charge in [-0.1, -0.05) is 30.3 Å². The first-order chi connectivity index (χ1) is 10.7. The molecule has 0 unspecified atom stereocenters. The highest BCUT2D eigenvalue weighted by Crippen LogP contribution is 2.15. The SMILES string of the molecule is Cc1ccc(C(=O)NC2CCN(Cc3ccccc3)CC2)o1. The Labute approximate surface area is 131 Å². The van der Waals surface area contributed by atoms with Crippen molar-refractivity contribution in [2.24, 2.45) is 0 Å². The number of aryl methyl sites for hydroxylation is 1. The molecule has 4 heteroatoms. The van der Waals surface area contributed by atoms with Crippen LogP contribution < -0.4 is 5.32 Å². The second kappa shape index (κ2) is 6.79. The van der Waals surface area contributed by atoms with Crippen molar-refractivity contribution in [2.45, 2.75) is 32.4 Å². The van der Waals surface area contributed by atoms with Gasteiger partial charge in [0.15, 0.2) is 5.76 Å². The molecule has 2 heterocycles. The monoisotopic (exact) mass is 298 g/mol. The summed E-state index contributed by atoms with van der Waals surface area (Å²) in [6.45, 7) is 4.85. The number of amides is 1. The molecule has 4 nitrogen and oxygen atoms in total. The van der Waals surface area contributed by atoms with E-state index in [2.05, 4.69) is 34.5 Å². The van der Waals surface area contributed by atoms with Crippen LogP contribution in [-0.4, -0.2) is 29.9 Å². The molecule has 1 aromatic carbocycles. The average Bonchev–Trinajstić information content (AvgIpc) is 2.97. The number of likely N-dealkylation sites (tertiary alicyclic amines) is 1. The lowest BCUT2D eigenvalue weighted by atomic mass is 10.0. The molecule has 116 valence electrons. The lowest BCUT2D eigenvalue weighted by molar-refractivity contribution is 0.0880. The summed E-state index contributed by atoms with van der Waals surface area (Å²) in [4.78, 5) is 14.5. The predicted molar refractivity (Wildman–Crippen MR) is 85.7 cm³/mol. The van der Waals surface area contributed by atoms with Gasteiger partial charge in [-0.15, -0.1) is 0 Å². The Kier molecular flexibility index (Phi) is 4.59. The number of nitrogens with zero attached hydrogens (tertiary/aromatic N) is 1. The lowest BCUT2D eigenvalue weighted by Crippen LogP contribution is -2.44. The van der Waals surface area contributed by atoms with E-state index in [0.717, 1.165) is 38.2 Å². The van der Waals surface area contributed by atoms with Crippen molar-refractivity contribution in [3.8, 4) is 0 Å². The van der Waals surface area contributed by atoms with Crippen LogP contribution >= 0.6 is 0 Å². The summed E-state index contributed by atoms with van der Waals surface area (Å²) in [5, 5.41) is 3.07. The van der Waals surface area contributed by atoms with E-state index in [0.29, 0.717) is 5.76 Å². The van der Waals surface area contributed by atoms with Crippen molar-refractivity contribution in [3.63, 3.8) is 0 Å². The molecule has 0 bridgehead atoms. The molecule has 0 atom stereocenters. The molecule has 1 saturated heterocycles. The summed E-state index contributed by atoms with van der Waals surface area (Å²) in [5.74, 6) is 1.07. The van der Waals surface area contributed by atoms with E-state index < -0.39 is 0 Å². The Hall–Kier alpha value is -2.07. The lowest BCUT2D eigenvalue weighted by Gasteiger charge is -2.32. The number of benzene rings is 1. The topological polar surface area (TPSA) is 45.5 Å². The van der Waals surface area contributed by atoms with Crippen LogP contribution in [0, 0.1) is 6.92 Å². The summed E-state index contributed by atoms with van der Waals surface area (Å²) >= 11 is 0. The number of furan rings is 1. The molecule has 1 amide bonds. The Morgan fingerprint density at radius 3 is 2.55 bits per heavy atom. The third-order valence-corrected chi connectivity index (χ3v) is 4.14.